The third kappa shape index (κ3) is 0.560. The predicted molar refractivity (Wildman–Crippen MR) is 35.1 cm³/mol. The van der Waals surface area contributed by atoms with Gasteiger partial charge < -0.3 is 10.5 Å². The van der Waals surface area contributed by atoms with Gasteiger partial charge in [-0.3, -0.25) is 4.79 Å². The van der Waals surface area contributed by atoms with E-state index in [2.05, 4.69) is 6.92 Å². The zero-order valence-corrected chi connectivity index (χ0v) is 5.91. The predicted octanol–water partition coefficient (Wildman–Crippen LogP) is -0.105. The van der Waals surface area contributed by atoms with Crippen molar-refractivity contribution in [1.82, 2.24) is 0 Å². The molecule has 56 valence electrons. The van der Waals surface area contributed by atoms with Gasteiger partial charge in [-0.1, -0.05) is 13.3 Å². The molecule has 1 amide bonds. The van der Waals surface area contributed by atoms with Crippen molar-refractivity contribution in [2.24, 2.45) is 17.6 Å². The molecule has 0 spiro atoms. The Hall–Kier alpha value is -0.570. The molecule has 1 aliphatic carbocycles. The van der Waals surface area contributed by atoms with Crippen LogP contribution >= 0.6 is 0 Å². The zero-order valence-electron chi connectivity index (χ0n) is 5.91. The molecule has 0 aromatic heterocycles. The number of ether oxygens (including phenoxy) is 1. The summed E-state index contributed by atoms with van der Waals surface area (Å²) in [5.41, 5.74) is 5.07. The van der Waals surface area contributed by atoms with E-state index in [1.165, 1.54) is 0 Å². The van der Waals surface area contributed by atoms with Gasteiger partial charge in [0.1, 0.15) is 6.10 Å². The van der Waals surface area contributed by atoms with Gasteiger partial charge in [0.2, 0.25) is 5.91 Å². The highest BCUT2D eigenvalue weighted by Gasteiger charge is 2.65. The van der Waals surface area contributed by atoms with Crippen LogP contribution in [0.15, 0.2) is 0 Å². The number of carbonyl (C=O) groups excluding carboxylic acids is 1. The van der Waals surface area contributed by atoms with Crippen LogP contribution in [0.4, 0.5) is 0 Å². The van der Waals surface area contributed by atoms with Crippen molar-refractivity contribution in [3.05, 3.63) is 0 Å². The van der Waals surface area contributed by atoms with Gasteiger partial charge in [-0.25, -0.2) is 0 Å². The summed E-state index contributed by atoms with van der Waals surface area (Å²) >= 11 is 0. The standard InChI is InChI=1S/C7H11NO2/c1-2-3-4-5(3)10-6(4)7(8)9/h3-6H,2H2,1H3,(H2,8,9)/t3?,4?,5-,6?/m1/s1. The summed E-state index contributed by atoms with van der Waals surface area (Å²) in [5, 5.41) is 0. The van der Waals surface area contributed by atoms with E-state index < -0.39 is 0 Å². The number of rotatable bonds is 2. The Kier molecular flexibility index (Phi) is 1.06. The smallest absolute Gasteiger partial charge is 0.246 e. The van der Waals surface area contributed by atoms with E-state index in [0.717, 1.165) is 6.42 Å². The van der Waals surface area contributed by atoms with Crippen LogP contribution in [0, 0.1) is 11.8 Å². The molecule has 3 unspecified atom stereocenters. The molecule has 4 atom stereocenters. The van der Waals surface area contributed by atoms with Gasteiger partial charge in [0.05, 0.1) is 6.10 Å². The second-order valence-corrected chi connectivity index (χ2v) is 3.07. The number of hydrogen-bond donors (Lipinski definition) is 1. The van der Waals surface area contributed by atoms with Gasteiger partial charge >= 0.3 is 0 Å². The third-order valence-electron chi connectivity index (χ3n) is 2.56. The van der Waals surface area contributed by atoms with E-state index in [1.807, 2.05) is 0 Å². The topological polar surface area (TPSA) is 52.3 Å². The highest BCUT2D eigenvalue weighted by Crippen LogP contribution is 2.56. The van der Waals surface area contributed by atoms with Gasteiger partial charge in [0.15, 0.2) is 0 Å². The Morgan fingerprint density at radius 2 is 2.40 bits per heavy atom. The SMILES string of the molecule is CCC1C2C(C(N)=O)O[C@H]12. The van der Waals surface area contributed by atoms with Crippen molar-refractivity contribution in [2.45, 2.75) is 25.6 Å². The van der Waals surface area contributed by atoms with Crippen molar-refractivity contribution in [2.75, 3.05) is 0 Å². The summed E-state index contributed by atoms with van der Waals surface area (Å²) in [6.07, 6.45) is 1.23. The number of carbonyl (C=O) groups is 1. The van der Waals surface area contributed by atoms with Gasteiger partial charge in [-0.2, -0.15) is 0 Å². The van der Waals surface area contributed by atoms with Crippen LogP contribution in [0.2, 0.25) is 0 Å². The van der Waals surface area contributed by atoms with E-state index in [0.29, 0.717) is 17.9 Å². The second kappa shape index (κ2) is 1.72. The number of fused-ring (bicyclic) bond motifs is 1. The second-order valence-electron chi connectivity index (χ2n) is 3.07. The Morgan fingerprint density at radius 1 is 1.70 bits per heavy atom. The minimum atomic E-state index is -0.294. The number of primary amides is 1. The fraction of sp³-hybridized carbons (Fsp3) is 0.857. The van der Waals surface area contributed by atoms with Crippen molar-refractivity contribution < 1.29 is 9.53 Å². The van der Waals surface area contributed by atoms with E-state index in [4.69, 9.17) is 10.5 Å². The zero-order chi connectivity index (χ0) is 7.30. The van der Waals surface area contributed by atoms with Crippen molar-refractivity contribution in [3.8, 4) is 0 Å². The Bertz CT molecular complexity index is 180. The molecule has 2 aliphatic rings. The summed E-state index contributed by atoms with van der Waals surface area (Å²) in [6, 6.07) is 0. The normalized spacial score (nSPS) is 49.3. The largest absolute Gasteiger partial charge is 0.367 e. The molecule has 2 N–H and O–H groups in total. The first-order valence-electron chi connectivity index (χ1n) is 3.70. The monoisotopic (exact) mass is 141 g/mol. The summed E-state index contributed by atoms with van der Waals surface area (Å²) in [4.78, 5) is 10.6. The molecular formula is C7H11NO2. The van der Waals surface area contributed by atoms with Crippen LogP contribution in [-0.2, 0) is 9.53 Å². The molecule has 1 saturated carbocycles. The molecule has 0 radical (unpaired) electrons. The molecule has 2 fully saturated rings. The minimum absolute atomic E-state index is 0.255. The van der Waals surface area contributed by atoms with Gasteiger partial charge in [-0.15, -0.1) is 0 Å². The Balaban J connectivity index is 1.94. The molecule has 0 aromatic rings. The Morgan fingerprint density at radius 3 is 2.70 bits per heavy atom. The van der Waals surface area contributed by atoms with Gasteiger partial charge in [-0.05, 0) is 5.92 Å². The van der Waals surface area contributed by atoms with Crippen molar-refractivity contribution in [1.29, 1.82) is 0 Å². The third-order valence-corrected chi connectivity index (χ3v) is 2.56. The average molecular weight is 141 g/mol. The number of hydrogen-bond acceptors (Lipinski definition) is 2. The first-order valence-corrected chi connectivity index (χ1v) is 3.70. The molecule has 0 aromatic carbocycles. The molecule has 3 nitrogen and oxygen atoms in total. The maximum atomic E-state index is 10.6. The molecule has 1 saturated heterocycles. The first-order chi connectivity index (χ1) is 4.75. The van der Waals surface area contributed by atoms with E-state index >= 15 is 0 Å². The molecule has 10 heavy (non-hydrogen) atoms. The number of nitrogens with two attached hydrogens (primary N) is 1. The van der Waals surface area contributed by atoms with Crippen molar-refractivity contribution in [3.63, 3.8) is 0 Å². The van der Waals surface area contributed by atoms with Crippen molar-refractivity contribution >= 4 is 5.91 Å². The molecular weight excluding hydrogens is 130 g/mol. The Labute approximate surface area is 59.5 Å². The lowest BCUT2D eigenvalue weighted by Gasteiger charge is -2.21. The summed E-state index contributed by atoms with van der Waals surface area (Å²) in [5.74, 6) is 0.803. The van der Waals surface area contributed by atoms with Gasteiger partial charge in [0.25, 0.3) is 0 Å². The van der Waals surface area contributed by atoms with Crippen LogP contribution in [0.25, 0.3) is 0 Å². The maximum absolute atomic E-state index is 10.6. The summed E-state index contributed by atoms with van der Waals surface area (Å²) in [7, 11) is 0. The molecule has 3 heteroatoms. The lowest BCUT2D eigenvalue weighted by Crippen LogP contribution is -2.41. The van der Waals surface area contributed by atoms with Crippen LogP contribution in [-0.4, -0.2) is 18.1 Å². The lowest BCUT2D eigenvalue weighted by molar-refractivity contribution is -0.143. The van der Waals surface area contributed by atoms with E-state index in [1.54, 1.807) is 0 Å². The van der Waals surface area contributed by atoms with E-state index in [9.17, 15) is 4.79 Å². The fourth-order valence-electron chi connectivity index (χ4n) is 1.89. The number of amides is 1. The highest BCUT2D eigenvalue weighted by molar-refractivity contribution is 5.81. The fourth-order valence-corrected chi connectivity index (χ4v) is 1.89. The van der Waals surface area contributed by atoms with Crippen LogP contribution in [0.1, 0.15) is 13.3 Å². The minimum Gasteiger partial charge on any atom is -0.367 e. The quantitative estimate of drug-likeness (QED) is 0.583. The first kappa shape index (κ1) is 6.16. The summed E-state index contributed by atoms with van der Waals surface area (Å²) < 4.78 is 5.20. The summed E-state index contributed by atoms with van der Waals surface area (Å²) in [6.45, 7) is 2.12. The van der Waals surface area contributed by atoms with Crippen LogP contribution < -0.4 is 5.73 Å². The molecule has 1 heterocycles. The lowest BCUT2D eigenvalue weighted by atomic mass is 10.1. The van der Waals surface area contributed by atoms with Crippen LogP contribution in [0.5, 0.6) is 0 Å². The van der Waals surface area contributed by atoms with Gasteiger partial charge in [0, 0.05) is 5.92 Å². The molecule has 0 bridgehead atoms. The van der Waals surface area contributed by atoms with E-state index in [-0.39, 0.29) is 12.0 Å². The maximum Gasteiger partial charge on any atom is 0.246 e. The average Bonchev–Trinajstić information content (AvgIpc) is 2.34. The highest BCUT2D eigenvalue weighted by atomic mass is 16.5. The molecule has 2 rings (SSSR count). The molecule has 1 aliphatic heterocycles. The van der Waals surface area contributed by atoms with Crippen LogP contribution in [0.3, 0.4) is 0 Å².